The Kier molecular flexibility index (Phi) is 3.20. The normalized spacial score (nSPS) is 21.8. The van der Waals surface area contributed by atoms with Crippen LogP contribution in [-0.2, 0) is 26.5 Å². The minimum Gasteiger partial charge on any atom is -0.427 e. The maximum Gasteiger partial charge on any atom is 0.305 e. The summed E-state index contributed by atoms with van der Waals surface area (Å²) in [6, 6.07) is 3.54. The number of hydrogen-bond donors (Lipinski definition) is 1. The van der Waals surface area contributed by atoms with Gasteiger partial charge in [0.25, 0.3) is 5.79 Å². The summed E-state index contributed by atoms with van der Waals surface area (Å²) >= 11 is 12.3. The van der Waals surface area contributed by atoms with Gasteiger partial charge in [-0.1, -0.05) is 23.2 Å². The number of nitrogens with one attached hydrogen (secondary N) is 1. The van der Waals surface area contributed by atoms with E-state index in [2.05, 4.69) is 4.98 Å². The molecular weight excluding hydrogens is 301 g/mol. The predicted octanol–water partition coefficient (Wildman–Crippen LogP) is 3.78. The third-order valence-corrected chi connectivity index (χ3v) is 3.97. The van der Waals surface area contributed by atoms with Crippen LogP contribution in [0.5, 0.6) is 0 Å². The van der Waals surface area contributed by atoms with Gasteiger partial charge in [-0.15, -0.1) is 0 Å². The molecule has 0 saturated heterocycles. The van der Waals surface area contributed by atoms with Crippen LogP contribution in [0.3, 0.4) is 0 Å². The Morgan fingerprint density at radius 2 is 2.20 bits per heavy atom. The zero-order chi connectivity index (χ0) is 14.5. The number of carbonyl (C=O) groups is 1. The Morgan fingerprint density at radius 1 is 1.45 bits per heavy atom. The molecule has 0 saturated carbocycles. The van der Waals surface area contributed by atoms with E-state index in [4.69, 9.17) is 32.7 Å². The van der Waals surface area contributed by atoms with Gasteiger partial charge in [0, 0.05) is 24.3 Å². The minimum absolute atomic E-state index is 0.400. The Balaban J connectivity index is 2.25. The van der Waals surface area contributed by atoms with Gasteiger partial charge < -0.3 is 14.5 Å². The summed E-state index contributed by atoms with van der Waals surface area (Å²) < 4.78 is 11.0. The summed E-state index contributed by atoms with van der Waals surface area (Å²) in [5.74, 6) is -1.52. The SMILES string of the molecule is CC(=O)OC1(C)OCCc2c1[nH]c1c(Cl)cc(Cl)cc21. The smallest absolute Gasteiger partial charge is 0.305 e. The van der Waals surface area contributed by atoms with Crippen LogP contribution in [0.15, 0.2) is 12.1 Å². The molecule has 4 nitrogen and oxygen atoms in total. The van der Waals surface area contributed by atoms with Crippen LogP contribution in [0.25, 0.3) is 10.9 Å². The summed E-state index contributed by atoms with van der Waals surface area (Å²) in [4.78, 5) is 14.5. The third kappa shape index (κ3) is 2.08. The van der Waals surface area contributed by atoms with Crippen molar-refractivity contribution < 1.29 is 14.3 Å². The summed E-state index contributed by atoms with van der Waals surface area (Å²) in [5.41, 5.74) is 2.53. The lowest BCUT2D eigenvalue weighted by atomic mass is 10.0. The number of aromatic nitrogens is 1. The second-order valence-electron chi connectivity index (χ2n) is 4.93. The second kappa shape index (κ2) is 4.65. The van der Waals surface area contributed by atoms with E-state index in [0.717, 1.165) is 22.2 Å². The number of rotatable bonds is 1. The molecule has 2 heterocycles. The van der Waals surface area contributed by atoms with Crippen molar-refractivity contribution in [3.63, 3.8) is 0 Å². The van der Waals surface area contributed by atoms with Crippen LogP contribution in [0, 0.1) is 0 Å². The molecular formula is C14H13Cl2NO3. The molecule has 0 fully saturated rings. The molecule has 1 aliphatic rings. The monoisotopic (exact) mass is 313 g/mol. The highest BCUT2D eigenvalue weighted by atomic mass is 35.5. The van der Waals surface area contributed by atoms with Crippen molar-refractivity contribution >= 4 is 40.1 Å². The highest BCUT2D eigenvalue weighted by molar-refractivity contribution is 6.38. The van der Waals surface area contributed by atoms with E-state index in [-0.39, 0.29) is 0 Å². The fourth-order valence-electron chi connectivity index (χ4n) is 2.70. The van der Waals surface area contributed by atoms with E-state index < -0.39 is 11.8 Å². The molecule has 1 aromatic heterocycles. The van der Waals surface area contributed by atoms with E-state index in [1.807, 2.05) is 6.07 Å². The zero-order valence-electron chi connectivity index (χ0n) is 11.0. The van der Waals surface area contributed by atoms with Crippen molar-refractivity contribution in [3.8, 4) is 0 Å². The zero-order valence-corrected chi connectivity index (χ0v) is 12.6. The number of fused-ring (bicyclic) bond motifs is 3. The fourth-order valence-corrected chi connectivity index (χ4v) is 3.24. The van der Waals surface area contributed by atoms with Gasteiger partial charge in [-0.2, -0.15) is 0 Å². The number of esters is 1. The molecule has 106 valence electrons. The minimum atomic E-state index is -1.12. The van der Waals surface area contributed by atoms with E-state index in [1.54, 1.807) is 13.0 Å². The second-order valence-corrected chi connectivity index (χ2v) is 5.77. The average Bonchev–Trinajstić information content (AvgIpc) is 2.69. The molecule has 2 aromatic rings. The first kappa shape index (κ1) is 13.7. The van der Waals surface area contributed by atoms with Gasteiger partial charge in [0.05, 0.1) is 22.8 Å². The first-order chi connectivity index (χ1) is 9.40. The van der Waals surface area contributed by atoms with Gasteiger partial charge in [0.15, 0.2) is 0 Å². The number of hydrogen-bond acceptors (Lipinski definition) is 3. The van der Waals surface area contributed by atoms with Crippen LogP contribution < -0.4 is 0 Å². The molecule has 1 aliphatic heterocycles. The molecule has 1 N–H and O–H groups in total. The van der Waals surface area contributed by atoms with Crippen LogP contribution in [0.1, 0.15) is 25.1 Å². The maximum atomic E-state index is 11.3. The van der Waals surface area contributed by atoms with Gasteiger partial charge in [0.1, 0.15) is 0 Å². The summed E-state index contributed by atoms with van der Waals surface area (Å²) in [6.45, 7) is 3.54. The molecule has 0 amide bonds. The van der Waals surface area contributed by atoms with E-state index in [9.17, 15) is 4.79 Å². The van der Waals surface area contributed by atoms with Gasteiger partial charge in [-0.3, -0.25) is 4.79 Å². The van der Waals surface area contributed by atoms with E-state index >= 15 is 0 Å². The average molecular weight is 314 g/mol. The molecule has 1 unspecified atom stereocenters. The van der Waals surface area contributed by atoms with Crippen molar-refractivity contribution in [1.82, 2.24) is 4.98 Å². The molecule has 0 aliphatic carbocycles. The van der Waals surface area contributed by atoms with Gasteiger partial charge in [-0.25, -0.2) is 0 Å². The summed E-state index contributed by atoms with van der Waals surface area (Å²) in [6.07, 6.45) is 0.711. The van der Waals surface area contributed by atoms with E-state index in [0.29, 0.717) is 23.1 Å². The molecule has 1 aromatic carbocycles. The third-order valence-electron chi connectivity index (χ3n) is 3.45. The predicted molar refractivity (Wildman–Crippen MR) is 77.1 cm³/mol. The van der Waals surface area contributed by atoms with Crippen LogP contribution in [0.4, 0.5) is 0 Å². The number of ether oxygens (including phenoxy) is 2. The number of aromatic amines is 1. The Bertz CT molecular complexity index is 710. The topological polar surface area (TPSA) is 51.3 Å². The first-order valence-electron chi connectivity index (χ1n) is 6.24. The maximum absolute atomic E-state index is 11.3. The highest BCUT2D eigenvalue weighted by Crippen LogP contribution is 2.40. The standard InChI is InChI=1S/C14H13Cl2NO3/c1-7(18)20-14(2)13-9(3-4-19-14)10-5-8(15)6-11(16)12(10)17-13/h5-6,17H,3-4H2,1-2H3. The van der Waals surface area contributed by atoms with Crippen LogP contribution in [0.2, 0.25) is 10.0 Å². The molecule has 0 radical (unpaired) electrons. The Hall–Kier alpha value is -1.23. The first-order valence-corrected chi connectivity index (χ1v) is 7.00. The fraction of sp³-hybridized carbons (Fsp3) is 0.357. The largest absolute Gasteiger partial charge is 0.427 e. The molecule has 20 heavy (non-hydrogen) atoms. The van der Waals surface area contributed by atoms with Gasteiger partial charge in [-0.05, 0) is 24.1 Å². The Morgan fingerprint density at radius 3 is 2.90 bits per heavy atom. The molecule has 3 rings (SSSR count). The number of H-pyrrole nitrogens is 1. The van der Waals surface area contributed by atoms with Crippen LogP contribution >= 0.6 is 23.2 Å². The lowest BCUT2D eigenvalue weighted by Gasteiger charge is -2.32. The van der Waals surface area contributed by atoms with E-state index in [1.165, 1.54) is 6.92 Å². The molecule has 0 bridgehead atoms. The van der Waals surface area contributed by atoms with Crippen molar-refractivity contribution in [2.24, 2.45) is 0 Å². The van der Waals surface area contributed by atoms with Gasteiger partial charge in [0.2, 0.25) is 0 Å². The molecule has 1 atom stereocenters. The molecule has 6 heteroatoms. The summed E-state index contributed by atoms with van der Waals surface area (Å²) in [5, 5.41) is 2.05. The quantitative estimate of drug-likeness (QED) is 0.815. The van der Waals surface area contributed by atoms with Gasteiger partial charge >= 0.3 is 5.97 Å². The van der Waals surface area contributed by atoms with Crippen molar-refractivity contribution in [2.45, 2.75) is 26.1 Å². The lowest BCUT2D eigenvalue weighted by Crippen LogP contribution is -2.36. The lowest BCUT2D eigenvalue weighted by molar-refractivity contribution is -0.234. The highest BCUT2D eigenvalue weighted by Gasteiger charge is 2.39. The Labute approximate surface area is 126 Å². The van der Waals surface area contributed by atoms with Crippen molar-refractivity contribution in [2.75, 3.05) is 6.61 Å². The van der Waals surface area contributed by atoms with Crippen molar-refractivity contribution in [3.05, 3.63) is 33.4 Å². The summed E-state index contributed by atoms with van der Waals surface area (Å²) in [7, 11) is 0. The number of halogens is 2. The number of benzene rings is 1. The van der Waals surface area contributed by atoms with Crippen molar-refractivity contribution in [1.29, 1.82) is 0 Å². The molecule has 0 spiro atoms. The van der Waals surface area contributed by atoms with Crippen LogP contribution in [-0.4, -0.2) is 17.6 Å². The number of carbonyl (C=O) groups excluding carboxylic acids is 1.